The van der Waals surface area contributed by atoms with Crippen LogP contribution in [-0.4, -0.2) is 22.3 Å². The lowest BCUT2D eigenvalue weighted by molar-refractivity contribution is 0.102. The quantitative estimate of drug-likeness (QED) is 0.620. The number of allylic oxidation sites excluding steroid dienone is 1. The van der Waals surface area contributed by atoms with Gasteiger partial charge in [0.2, 0.25) is 0 Å². The van der Waals surface area contributed by atoms with Crippen molar-refractivity contribution < 1.29 is 9.53 Å². The smallest absolute Gasteiger partial charge is 0.189 e. The molecule has 24 heavy (non-hydrogen) atoms. The van der Waals surface area contributed by atoms with Crippen LogP contribution < -0.4 is 4.74 Å². The number of halogens is 1. The Morgan fingerprint density at radius 2 is 2.12 bits per heavy atom. The maximum atomic E-state index is 12.8. The minimum atomic E-state index is 0.0869. The van der Waals surface area contributed by atoms with E-state index in [1.54, 1.807) is 13.3 Å². The number of nitrogens with zero attached hydrogens (tertiary/aromatic N) is 2. The zero-order valence-electron chi connectivity index (χ0n) is 13.1. The van der Waals surface area contributed by atoms with E-state index in [1.165, 1.54) is 0 Å². The van der Waals surface area contributed by atoms with Crippen molar-refractivity contribution in [3.05, 3.63) is 69.6 Å². The number of aryl methyl sites for hydroxylation is 1. The lowest BCUT2D eigenvalue weighted by atomic mass is 9.86. The summed E-state index contributed by atoms with van der Waals surface area (Å²) in [4.78, 5) is 17.2. The number of imidazole rings is 1. The van der Waals surface area contributed by atoms with Gasteiger partial charge in [-0.15, -0.1) is 0 Å². The Balaban J connectivity index is 1.75. The fraction of sp³-hybridized carbons (Fsp3) is 0.158. The van der Waals surface area contributed by atoms with Gasteiger partial charge in [-0.25, -0.2) is 4.98 Å². The van der Waals surface area contributed by atoms with E-state index in [0.717, 1.165) is 51.1 Å². The SMILES string of the molecule is COc1ccc2c(c1)CC/C(=C\c1cnc3ccc(Br)cn13)C2=O. The number of carbonyl (C=O) groups excluding carboxylic acids is 1. The van der Waals surface area contributed by atoms with Gasteiger partial charge in [-0.3, -0.25) is 9.20 Å². The highest BCUT2D eigenvalue weighted by Gasteiger charge is 2.22. The van der Waals surface area contributed by atoms with Crippen LogP contribution >= 0.6 is 15.9 Å². The van der Waals surface area contributed by atoms with Gasteiger partial charge in [0.05, 0.1) is 19.0 Å². The van der Waals surface area contributed by atoms with Crippen molar-refractivity contribution in [1.29, 1.82) is 0 Å². The molecule has 0 radical (unpaired) electrons. The number of pyridine rings is 1. The molecule has 0 unspecified atom stereocenters. The summed E-state index contributed by atoms with van der Waals surface area (Å²) in [6, 6.07) is 9.54. The fourth-order valence-corrected chi connectivity index (χ4v) is 3.41. The van der Waals surface area contributed by atoms with Crippen molar-refractivity contribution in [3.8, 4) is 5.75 Å². The Hall–Kier alpha value is -2.40. The number of benzene rings is 1. The number of carbonyl (C=O) groups is 1. The lowest BCUT2D eigenvalue weighted by Crippen LogP contribution is -2.14. The van der Waals surface area contributed by atoms with Crippen LogP contribution in [0.15, 0.2) is 52.8 Å². The second-order valence-corrected chi connectivity index (χ2v) is 6.70. The third-order valence-corrected chi connectivity index (χ3v) is 4.80. The summed E-state index contributed by atoms with van der Waals surface area (Å²) in [6.07, 6.45) is 7.26. The summed E-state index contributed by atoms with van der Waals surface area (Å²) in [5.41, 5.74) is 4.40. The molecule has 1 aliphatic carbocycles. The van der Waals surface area contributed by atoms with Gasteiger partial charge in [-0.2, -0.15) is 0 Å². The Kier molecular flexibility index (Phi) is 3.73. The van der Waals surface area contributed by atoms with Crippen LogP contribution in [0.3, 0.4) is 0 Å². The van der Waals surface area contributed by atoms with Crippen molar-refractivity contribution in [2.75, 3.05) is 7.11 Å². The zero-order chi connectivity index (χ0) is 16.7. The summed E-state index contributed by atoms with van der Waals surface area (Å²) in [5, 5.41) is 0. The van der Waals surface area contributed by atoms with Crippen molar-refractivity contribution in [2.24, 2.45) is 0 Å². The van der Waals surface area contributed by atoms with E-state index in [1.807, 2.05) is 47.0 Å². The Labute approximate surface area is 147 Å². The molecular formula is C19H15BrN2O2. The number of hydrogen-bond donors (Lipinski definition) is 0. The number of ether oxygens (including phenoxy) is 1. The minimum absolute atomic E-state index is 0.0869. The molecule has 2 aromatic heterocycles. The largest absolute Gasteiger partial charge is 0.497 e. The van der Waals surface area contributed by atoms with Crippen LogP contribution in [0.4, 0.5) is 0 Å². The standard InChI is InChI=1S/C19H15BrN2O2/c1-24-16-5-6-17-12(9-16)2-3-13(19(17)23)8-15-10-21-18-7-4-14(20)11-22(15)18/h4-11H,2-3H2,1H3/b13-8+. The van der Waals surface area contributed by atoms with Crippen LogP contribution in [0, 0.1) is 0 Å². The maximum Gasteiger partial charge on any atom is 0.189 e. The molecule has 0 amide bonds. The summed E-state index contributed by atoms with van der Waals surface area (Å²) < 4.78 is 8.20. The molecule has 0 fully saturated rings. The minimum Gasteiger partial charge on any atom is -0.497 e. The normalized spacial score (nSPS) is 15.8. The third kappa shape index (κ3) is 2.55. The first-order valence-electron chi connectivity index (χ1n) is 7.70. The molecule has 4 nitrogen and oxygen atoms in total. The Morgan fingerprint density at radius 1 is 1.25 bits per heavy atom. The molecule has 0 saturated heterocycles. The van der Waals surface area contributed by atoms with Crippen LogP contribution in [-0.2, 0) is 6.42 Å². The van der Waals surface area contributed by atoms with Crippen molar-refractivity contribution in [2.45, 2.75) is 12.8 Å². The van der Waals surface area contributed by atoms with Crippen LogP contribution in [0.2, 0.25) is 0 Å². The van der Waals surface area contributed by atoms with Crippen LogP contribution in [0.25, 0.3) is 11.7 Å². The number of fused-ring (bicyclic) bond motifs is 2. The van der Waals surface area contributed by atoms with Gasteiger partial charge < -0.3 is 4.74 Å². The third-order valence-electron chi connectivity index (χ3n) is 4.33. The number of rotatable bonds is 2. The van der Waals surface area contributed by atoms with Crippen LogP contribution in [0.5, 0.6) is 5.75 Å². The predicted octanol–water partition coefficient (Wildman–Crippen LogP) is 4.32. The molecule has 1 aliphatic rings. The van der Waals surface area contributed by atoms with E-state index in [9.17, 15) is 4.79 Å². The van der Waals surface area contributed by atoms with Gasteiger partial charge in [0.15, 0.2) is 5.78 Å². The summed E-state index contributed by atoms with van der Waals surface area (Å²) in [5.74, 6) is 0.879. The first-order valence-corrected chi connectivity index (χ1v) is 8.50. The van der Waals surface area contributed by atoms with Crippen molar-refractivity contribution >= 4 is 33.4 Å². The first-order chi connectivity index (χ1) is 11.7. The molecule has 0 spiro atoms. The van der Waals surface area contributed by atoms with E-state index in [0.29, 0.717) is 0 Å². The van der Waals surface area contributed by atoms with E-state index < -0.39 is 0 Å². The van der Waals surface area contributed by atoms with Crippen molar-refractivity contribution in [1.82, 2.24) is 9.38 Å². The number of hydrogen-bond acceptors (Lipinski definition) is 3. The van der Waals surface area contributed by atoms with Gasteiger partial charge in [0, 0.05) is 21.8 Å². The van der Waals surface area contributed by atoms with E-state index in [-0.39, 0.29) is 5.78 Å². The van der Waals surface area contributed by atoms with Gasteiger partial charge in [-0.1, -0.05) is 0 Å². The summed E-state index contributed by atoms with van der Waals surface area (Å²) in [6.45, 7) is 0. The second-order valence-electron chi connectivity index (χ2n) is 5.78. The zero-order valence-corrected chi connectivity index (χ0v) is 14.7. The molecule has 120 valence electrons. The Bertz CT molecular complexity index is 988. The molecule has 0 atom stereocenters. The molecule has 3 aromatic rings. The van der Waals surface area contributed by atoms with E-state index in [2.05, 4.69) is 20.9 Å². The maximum absolute atomic E-state index is 12.8. The molecule has 4 rings (SSSR count). The van der Waals surface area contributed by atoms with Gasteiger partial charge in [-0.05, 0) is 70.7 Å². The Morgan fingerprint density at radius 3 is 2.96 bits per heavy atom. The lowest BCUT2D eigenvalue weighted by Gasteiger charge is -2.18. The number of methoxy groups -OCH3 is 1. The summed E-state index contributed by atoms with van der Waals surface area (Å²) in [7, 11) is 1.64. The van der Waals surface area contributed by atoms with Gasteiger partial charge in [0.1, 0.15) is 11.4 Å². The van der Waals surface area contributed by atoms with Gasteiger partial charge in [0.25, 0.3) is 0 Å². The molecule has 2 heterocycles. The van der Waals surface area contributed by atoms with Gasteiger partial charge >= 0.3 is 0 Å². The monoisotopic (exact) mass is 382 g/mol. The van der Waals surface area contributed by atoms with Crippen LogP contribution in [0.1, 0.15) is 28.0 Å². The van der Waals surface area contributed by atoms with Crippen molar-refractivity contribution in [3.63, 3.8) is 0 Å². The molecule has 0 bridgehead atoms. The number of aromatic nitrogens is 2. The molecule has 0 saturated carbocycles. The van der Waals surface area contributed by atoms with E-state index in [4.69, 9.17) is 4.74 Å². The molecule has 1 aromatic carbocycles. The average molecular weight is 383 g/mol. The highest BCUT2D eigenvalue weighted by atomic mass is 79.9. The topological polar surface area (TPSA) is 43.6 Å². The fourth-order valence-electron chi connectivity index (χ4n) is 3.08. The number of Topliss-reactive ketones (excluding diaryl/α,β-unsaturated/α-hetero) is 1. The highest BCUT2D eigenvalue weighted by molar-refractivity contribution is 9.10. The highest BCUT2D eigenvalue weighted by Crippen LogP contribution is 2.29. The predicted molar refractivity (Wildman–Crippen MR) is 96.5 cm³/mol. The second kappa shape index (κ2) is 5.91. The number of ketones is 1. The molecular weight excluding hydrogens is 368 g/mol. The molecule has 0 aliphatic heterocycles. The molecule has 0 N–H and O–H groups in total. The van der Waals surface area contributed by atoms with E-state index >= 15 is 0 Å². The average Bonchev–Trinajstić information content (AvgIpc) is 2.99. The first kappa shape index (κ1) is 15.1. The molecule has 5 heteroatoms. The summed E-state index contributed by atoms with van der Waals surface area (Å²) >= 11 is 3.48.